The summed E-state index contributed by atoms with van der Waals surface area (Å²) in [6, 6.07) is 22.8. The first-order valence-electron chi connectivity index (χ1n) is 14.6. The molecule has 0 aliphatic carbocycles. The molecule has 0 saturated heterocycles. The smallest absolute Gasteiger partial charge is 0.471 e. The van der Waals surface area contributed by atoms with Crippen LogP contribution >= 0.6 is 0 Å². The lowest BCUT2D eigenvalue weighted by molar-refractivity contribution is -0.173. The number of aliphatic imine (C=N–C) groups is 1. The van der Waals surface area contributed by atoms with Crippen LogP contribution in [0.15, 0.2) is 89.9 Å². The lowest BCUT2D eigenvalue weighted by atomic mass is 9.90. The first-order valence-corrected chi connectivity index (χ1v) is 14.6. The Kier molecular flexibility index (Phi) is 13.6. The van der Waals surface area contributed by atoms with Crippen molar-refractivity contribution in [2.24, 2.45) is 10.7 Å². The van der Waals surface area contributed by atoms with Crippen LogP contribution in [0.5, 0.6) is 5.75 Å². The molecular weight excluding hydrogens is 619 g/mol. The SMILES string of the molecule is NC(=NCCC[C@@H](NC(=O)C(c1ccccc1)c1ccccc1)C(=O)NCc1ccc(O)cc1)NC(=O)NCCNC(=O)C(F)(F)F. The monoisotopic (exact) mass is 655 g/mol. The summed E-state index contributed by atoms with van der Waals surface area (Å²) in [6.07, 6.45) is -4.60. The molecule has 8 N–H and O–H groups in total. The van der Waals surface area contributed by atoms with Gasteiger partial charge in [0, 0.05) is 26.2 Å². The quantitative estimate of drug-likeness (QED) is 0.0794. The van der Waals surface area contributed by atoms with Crippen LogP contribution in [0.2, 0.25) is 0 Å². The van der Waals surface area contributed by atoms with Gasteiger partial charge in [0.1, 0.15) is 11.8 Å². The maximum absolute atomic E-state index is 13.7. The first kappa shape index (κ1) is 35.9. The highest BCUT2D eigenvalue weighted by molar-refractivity contribution is 5.95. The molecule has 12 nitrogen and oxygen atoms in total. The lowest BCUT2D eigenvalue weighted by Crippen LogP contribution is -2.48. The average molecular weight is 656 g/mol. The maximum Gasteiger partial charge on any atom is 0.471 e. The molecule has 0 heterocycles. The molecule has 3 rings (SSSR count). The Balaban J connectivity index is 1.61. The summed E-state index contributed by atoms with van der Waals surface area (Å²) in [7, 11) is 0. The Morgan fingerprint density at radius 2 is 1.36 bits per heavy atom. The maximum atomic E-state index is 13.7. The van der Waals surface area contributed by atoms with Crippen molar-refractivity contribution in [3.63, 3.8) is 0 Å². The molecule has 0 saturated carbocycles. The Labute approximate surface area is 269 Å². The highest BCUT2D eigenvalue weighted by atomic mass is 19.4. The molecule has 250 valence electrons. The van der Waals surface area contributed by atoms with Gasteiger partial charge in [-0.1, -0.05) is 72.8 Å². The van der Waals surface area contributed by atoms with Gasteiger partial charge in [-0.25, -0.2) is 4.79 Å². The molecule has 0 bridgehead atoms. The predicted molar refractivity (Wildman–Crippen MR) is 168 cm³/mol. The number of nitrogens with two attached hydrogens (primary N) is 1. The van der Waals surface area contributed by atoms with Crippen molar-refractivity contribution in [2.45, 2.75) is 37.5 Å². The van der Waals surface area contributed by atoms with Crippen molar-refractivity contribution in [1.82, 2.24) is 26.6 Å². The van der Waals surface area contributed by atoms with E-state index in [0.29, 0.717) is 0 Å². The third kappa shape index (κ3) is 12.4. The molecule has 47 heavy (non-hydrogen) atoms. The van der Waals surface area contributed by atoms with Crippen LogP contribution in [-0.4, -0.2) is 66.7 Å². The van der Waals surface area contributed by atoms with Crippen molar-refractivity contribution < 1.29 is 37.5 Å². The van der Waals surface area contributed by atoms with E-state index in [1.807, 2.05) is 60.7 Å². The van der Waals surface area contributed by atoms with Crippen LogP contribution in [0.4, 0.5) is 18.0 Å². The number of phenols is 1. The number of halogens is 3. The fourth-order valence-electron chi connectivity index (χ4n) is 4.38. The zero-order valence-electron chi connectivity index (χ0n) is 25.2. The van der Waals surface area contributed by atoms with Crippen LogP contribution in [0, 0.1) is 0 Å². The molecule has 0 aromatic heterocycles. The van der Waals surface area contributed by atoms with Crippen LogP contribution in [0.3, 0.4) is 0 Å². The standard InChI is InChI=1S/C32H36F3N7O5/c33-32(34,35)29(46)37-18-19-39-31(47)42-30(36)38-17-7-12-25(27(44)40-20-21-13-15-24(43)16-14-21)41-28(45)26(22-8-3-1-4-9-22)23-10-5-2-6-11-23/h1-6,8-11,13-16,25-26,43H,7,12,17-20H2,(H,37,46)(H,40,44)(H,41,45)(H4,36,38,39,42,47)/t25-/m1/s1. The summed E-state index contributed by atoms with van der Waals surface area (Å²) < 4.78 is 36.6. The number of urea groups is 1. The van der Waals surface area contributed by atoms with Crippen LogP contribution in [0.1, 0.15) is 35.4 Å². The number of rotatable bonds is 14. The van der Waals surface area contributed by atoms with Gasteiger partial charge in [0.2, 0.25) is 11.8 Å². The van der Waals surface area contributed by atoms with Crippen molar-refractivity contribution >= 4 is 29.7 Å². The molecule has 0 spiro atoms. The second-order valence-electron chi connectivity index (χ2n) is 10.2. The Morgan fingerprint density at radius 3 is 1.94 bits per heavy atom. The Bertz CT molecular complexity index is 1470. The molecule has 15 heteroatoms. The fourth-order valence-corrected chi connectivity index (χ4v) is 4.38. The highest BCUT2D eigenvalue weighted by Gasteiger charge is 2.38. The van der Waals surface area contributed by atoms with E-state index in [2.05, 4.69) is 26.3 Å². The normalized spacial score (nSPS) is 12.1. The predicted octanol–water partition coefficient (Wildman–Crippen LogP) is 2.40. The summed E-state index contributed by atoms with van der Waals surface area (Å²) in [4.78, 5) is 53.8. The molecule has 1 atom stereocenters. The minimum absolute atomic E-state index is 0.0617. The summed E-state index contributed by atoms with van der Waals surface area (Å²) in [6.45, 7) is -0.545. The van der Waals surface area contributed by atoms with Gasteiger partial charge in [0.25, 0.3) is 0 Å². The van der Waals surface area contributed by atoms with Gasteiger partial charge < -0.3 is 32.1 Å². The van der Waals surface area contributed by atoms with E-state index < -0.39 is 42.5 Å². The Morgan fingerprint density at radius 1 is 0.787 bits per heavy atom. The number of nitrogens with zero attached hydrogens (tertiary/aromatic N) is 1. The molecule has 3 aromatic carbocycles. The number of benzene rings is 3. The van der Waals surface area contributed by atoms with Crippen LogP contribution in [-0.2, 0) is 20.9 Å². The topological polar surface area (TPSA) is 187 Å². The molecule has 0 aliphatic rings. The molecule has 3 aromatic rings. The number of aromatic hydroxyl groups is 1. The molecule has 0 fully saturated rings. The second kappa shape index (κ2) is 17.8. The summed E-state index contributed by atoms with van der Waals surface area (Å²) >= 11 is 0. The number of hydrogen-bond donors (Lipinski definition) is 7. The minimum Gasteiger partial charge on any atom is -0.508 e. The van der Waals surface area contributed by atoms with Crippen molar-refractivity contribution in [3.8, 4) is 5.75 Å². The molecule has 0 radical (unpaired) electrons. The largest absolute Gasteiger partial charge is 0.508 e. The summed E-state index contributed by atoms with van der Waals surface area (Å²) in [5.41, 5.74) is 7.94. The van der Waals surface area contributed by atoms with Crippen molar-refractivity contribution in [2.75, 3.05) is 19.6 Å². The molecular formula is C32H36F3N7O5. The number of phenolic OH excluding ortho intramolecular Hbond substituents is 1. The minimum atomic E-state index is -5.03. The summed E-state index contributed by atoms with van der Waals surface area (Å²) in [5.74, 6) is -3.85. The van der Waals surface area contributed by atoms with E-state index in [1.54, 1.807) is 17.4 Å². The van der Waals surface area contributed by atoms with E-state index in [1.165, 1.54) is 12.1 Å². The summed E-state index contributed by atoms with van der Waals surface area (Å²) in [5, 5.41) is 21.3. The van der Waals surface area contributed by atoms with E-state index in [0.717, 1.165) is 16.7 Å². The number of carbonyl (C=O) groups is 4. The van der Waals surface area contributed by atoms with E-state index >= 15 is 0 Å². The van der Waals surface area contributed by atoms with Gasteiger partial charge in [-0.3, -0.25) is 24.7 Å². The van der Waals surface area contributed by atoms with Gasteiger partial charge >= 0.3 is 18.1 Å². The average Bonchev–Trinajstić information content (AvgIpc) is 3.04. The third-order valence-corrected chi connectivity index (χ3v) is 6.69. The van der Waals surface area contributed by atoms with Gasteiger partial charge in [0.05, 0.1) is 5.92 Å². The number of hydrogen-bond acceptors (Lipinski definition) is 6. The highest BCUT2D eigenvalue weighted by Crippen LogP contribution is 2.25. The molecule has 0 unspecified atom stereocenters. The van der Waals surface area contributed by atoms with Gasteiger partial charge in [0.15, 0.2) is 5.96 Å². The number of nitrogens with one attached hydrogen (secondary N) is 5. The Hall–Kier alpha value is -5.60. The first-order chi connectivity index (χ1) is 22.4. The van der Waals surface area contributed by atoms with E-state index in [4.69, 9.17) is 5.73 Å². The van der Waals surface area contributed by atoms with Gasteiger partial charge in [-0.05, 0) is 41.7 Å². The zero-order chi connectivity index (χ0) is 34.2. The van der Waals surface area contributed by atoms with Gasteiger partial charge in [-0.15, -0.1) is 0 Å². The van der Waals surface area contributed by atoms with Crippen molar-refractivity contribution in [1.29, 1.82) is 0 Å². The second-order valence-corrected chi connectivity index (χ2v) is 10.2. The van der Waals surface area contributed by atoms with Crippen molar-refractivity contribution in [3.05, 3.63) is 102 Å². The third-order valence-electron chi connectivity index (χ3n) is 6.69. The fraction of sp³-hybridized carbons (Fsp3) is 0.281. The number of guanidine groups is 1. The van der Waals surface area contributed by atoms with E-state index in [9.17, 15) is 37.5 Å². The van der Waals surface area contributed by atoms with Crippen LogP contribution < -0.4 is 32.3 Å². The van der Waals surface area contributed by atoms with E-state index in [-0.39, 0.29) is 50.1 Å². The van der Waals surface area contributed by atoms with Gasteiger partial charge in [-0.2, -0.15) is 13.2 Å². The van der Waals surface area contributed by atoms with Crippen LogP contribution in [0.25, 0.3) is 0 Å². The number of amides is 5. The lowest BCUT2D eigenvalue weighted by Gasteiger charge is -2.23. The number of carbonyl (C=O) groups excluding carboxylic acids is 4. The number of alkyl halides is 3. The zero-order valence-corrected chi connectivity index (χ0v) is 25.2. The molecule has 5 amide bonds. The molecule has 0 aliphatic heterocycles.